The van der Waals surface area contributed by atoms with E-state index in [2.05, 4.69) is 24.3 Å². The van der Waals surface area contributed by atoms with Gasteiger partial charge in [0, 0.05) is 38.6 Å². The zero-order chi connectivity index (χ0) is 26.1. The smallest absolute Gasteiger partial charge is 0.409 e. The van der Waals surface area contributed by atoms with Crippen LogP contribution < -0.4 is 5.73 Å². The highest BCUT2D eigenvalue weighted by Gasteiger charge is 2.47. The van der Waals surface area contributed by atoms with E-state index in [1.807, 2.05) is 24.3 Å². The molecule has 36 heavy (non-hydrogen) atoms. The molecule has 1 heterocycles. The van der Waals surface area contributed by atoms with Crippen LogP contribution in [0.4, 0.5) is 4.79 Å². The van der Waals surface area contributed by atoms with Gasteiger partial charge in [-0.1, -0.05) is 48.5 Å². The van der Waals surface area contributed by atoms with Crippen LogP contribution >= 0.6 is 0 Å². The van der Waals surface area contributed by atoms with E-state index in [1.54, 1.807) is 30.6 Å². The lowest BCUT2D eigenvalue weighted by molar-refractivity contribution is -0.170. The second-order valence-corrected chi connectivity index (χ2v) is 10.3. The first-order chi connectivity index (χ1) is 17.0. The third-order valence-corrected chi connectivity index (χ3v) is 6.58. The number of amides is 1. The molecule has 1 aliphatic heterocycles. The van der Waals surface area contributed by atoms with Gasteiger partial charge in [0.05, 0.1) is 0 Å². The van der Waals surface area contributed by atoms with Crippen LogP contribution in [-0.2, 0) is 19.1 Å². The molecule has 2 aromatic rings. The summed E-state index contributed by atoms with van der Waals surface area (Å²) in [6.45, 7) is 6.37. The van der Waals surface area contributed by atoms with Gasteiger partial charge in [-0.3, -0.25) is 4.90 Å². The Balaban J connectivity index is 1.33. The Kier molecular flexibility index (Phi) is 7.06. The maximum Gasteiger partial charge on any atom is 0.409 e. The van der Waals surface area contributed by atoms with Crippen LogP contribution in [-0.4, -0.2) is 83.4 Å². The van der Waals surface area contributed by atoms with E-state index < -0.39 is 29.2 Å². The number of fused-ring (bicyclic) bond motifs is 3. The van der Waals surface area contributed by atoms with E-state index in [4.69, 9.17) is 15.2 Å². The van der Waals surface area contributed by atoms with E-state index in [-0.39, 0.29) is 19.1 Å². The molecule has 1 aliphatic carbocycles. The summed E-state index contributed by atoms with van der Waals surface area (Å²) in [6.07, 6.45) is -0.416. The molecule has 3 N–H and O–H groups in total. The normalized spacial score (nSPS) is 17.6. The van der Waals surface area contributed by atoms with Gasteiger partial charge in [0.2, 0.25) is 5.54 Å². The Hall–Kier alpha value is -3.43. The molecule has 0 aromatic heterocycles. The van der Waals surface area contributed by atoms with Gasteiger partial charge in [-0.25, -0.2) is 14.4 Å². The molecular weight excluding hydrogens is 462 g/mol. The summed E-state index contributed by atoms with van der Waals surface area (Å²) >= 11 is 0. The van der Waals surface area contributed by atoms with Crippen molar-refractivity contribution in [3.05, 3.63) is 59.7 Å². The molecule has 192 valence electrons. The van der Waals surface area contributed by atoms with E-state index in [1.165, 1.54) is 0 Å². The summed E-state index contributed by atoms with van der Waals surface area (Å²) in [5, 5.41) is 9.65. The Labute approximate surface area is 210 Å². The van der Waals surface area contributed by atoms with E-state index in [0.717, 1.165) is 22.3 Å². The minimum absolute atomic E-state index is 0.0232. The fraction of sp³-hybridized carbons (Fsp3) is 0.444. The molecule has 2 aromatic carbocycles. The van der Waals surface area contributed by atoms with Crippen LogP contribution in [0.1, 0.15) is 37.8 Å². The van der Waals surface area contributed by atoms with E-state index in [9.17, 15) is 19.5 Å². The van der Waals surface area contributed by atoms with Crippen molar-refractivity contribution in [2.75, 3.05) is 39.3 Å². The predicted octanol–water partition coefficient (Wildman–Crippen LogP) is 2.68. The number of benzene rings is 2. The Morgan fingerprint density at radius 1 is 0.944 bits per heavy atom. The maximum atomic E-state index is 12.8. The zero-order valence-corrected chi connectivity index (χ0v) is 20.9. The average molecular weight is 496 g/mol. The fourth-order valence-electron chi connectivity index (χ4n) is 4.72. The molecule has 4 rings (SSSR count). The van der Waals surface area contributed by atoms with Crippen molar-refractivity contribution in [1.82, 2.24) is 9.80 Å². The number of carboxylic acid groups (broad SMARTS) is 1. The van der Waals surface area contributed by atoms with Crippen molar-refractivity contribution in [3.63, 3.8) is 0 Å². The molecule has 0 spiro atoms. The molecule has 0 unspecified atom stereocenters. The van der Waals surface area contributed by atoms with Crippen molar-refractivity contribution in [2.45, 2.75) is 37.8 Å². The van der Waals surface area contributed by atoms with Crippen LogP contribution in [0.25, 0.3) is 11.1 Å². The Morgan fingerprint density at radius 2 is 1.47 bits per heavy atom. The highest BCUT2D eigenvalue weighted by molar-refractivity contribution is 6.04. The van der Waals surface area contributed by atoms with Gasteiger partial charge in [-0.05, 0) is 43.0 Å². The number of piperazine rings is 1. The average Bonchev–Trinajstić information content (AvgIpc) is 3.15. The standard InChI is InChI=1S/C27H33N3O6/c1-26(2,3)36-24(33)27(28,23(31)32)17-29-12-14-30(15-13-29)25(34)35-16-22-20-10-6-4-8-18(20)19-9-5-7-11-21(19)22/h4-11,22H,12-17,28H2,1-3H3,(H,31,32)/t27-/m1/s1. The third kappa shape index (κ3) is 5.22. The minimum Gasteiger partial charge on any atom is -0.479 e. The topological polar surface area (TPSA) is 122 Å². The molecular formula is C27H33N3O6. The van der Waals surface area contributed by atoms with Gasteiger partial charge in [-0.15, -0.1) is 0 Å². The number of carbonyl (C=O) groups excluding carboxylic acids is 2. The van der Waals surface area contributed by atoms with Crippen molar-refractivity contribution in [1.29, 1.82) is 0 Å². The summed E-state index contributed by atoms with van der Waals surface area (Å²) in [7, 11) is 0. The third-order valence-electron chi connectivity index (χ3n) is 6.58. The molecule has 1 amide bonds. The lowest BCUT2D eigenvalue weighted by Crippen LogP contribution is -2.65. The summed E-state index contributed by atoms with van der Waals surface area (Å²) in [5.41, 5.74) is 7.55. The maximum absolute atomic E-state index is 12.8. The number of hydrogen-bond donors (Lipinski definition) is 2. The van der Waals surface area contributed by atoms with Crippen LogP contribution in [0, 0.1) is 0 Å². The summed E-state index contributed by atoms with van der Waals surface area (Å²) in [6, 6.07) is 16.3. The number of nitrogens with two attached hydrogens (primary N) is 1. The predicted molar refractivity (Wildman–Crippen MR) is 133 cm³/mol. The van der Waals surface area contributed by atoms with Gasteiger partial charge in [-0.2, -0.15) is 0 Å². The molecule has 2 aliphatic rings. The van der Waals surface area contributed by atoms with Gasteiger partial charge >= 0.3 is 18.0 Å². The number of nitrogens with zero attached hydrogens (tertiary/aromatic N) is 2. The largest absolute Gasteiger partial charge is 0.479 e. The minimum atomic E-state index is -2.20. The molecule has 1 atom stereocenters. The molecule has 1 fully saturated rings. The second kappa shape index (κ2) is 9.91. The van der Waals surface area contributed by atoms with Crippen LogP contribution in [0.15, 0.2) is 48.5 Å². The number of aliphatic carboxylic acids is 1. The van der Waals surface area contributed by atoms with Gasteiger partial charge < -0.3 is 25.2 Å². The second-order valence-electron chi connectivity index (χ2n) is 10.3. The monoisotopic (exact) mass is 495 g/mol. The molecule has 1 saturated heterocycles. The van der Waals surface area contributed by atoms with E-state index in [0.29, 0.717) is 26.2 Å². The summed E-state index contributed by atoms with van der Waals surface area (Å²) < 4.78 is 11.0. The quantitative estimate of drug-likeness (QED) is 0.463. The lowest BCUT2D eigenvalue weighted by atomic mass is 9.98. The molecule has 0 bridgehead atoms. The number of carboxylic acids is 1. The molecule has 0 radical (unpaired) electrons. The van der Waals surface area contributed by atoms with Gasteiger partial charge in [0.1, 0.15) is 12.2 Å². The van der Waals surface area contributed by atoms with Crippen LogP contribution in [0.5, 0.6) is 0 Å². The highest BCUT2D eigenvalue weighted by Crippen LogP contribution is 2.44. The Morgan fingerprint density at radius 3 is 1.97 bits per heavy atom. The van der Waals surface area contributed by atoms with Crippen molar-refractivity contribution in [2.24, 2.45) is 5.73 Å². The lowest BCUT2D eigenvalue weighted by Gasteiger charge is -2.37. The number of carbonyl (C=O) groups is 3. The molecule has 0 saturated carbocycles. The first-order valence-electron chi connectivity index (χ1n) is 12.1. The first kappa shape index (κ1) is 25.7. The van der Waals surface area contributed by atoms with Gasteiger partial charge in [0.15, 0.2) is 0 Å². The number of hydrogen-bond acceptors (Lipinski definition) is 7. The van der Waals surface area contributed by atoms with Crippen molar-refractivity contribution >= 4 is 18.0 Å². The first-order valence-corrected chi connectivity index (χ1v) is 12.1. The number of ether oxygens (including phenoxy) is 2. The van der Waals surface area contributed by atoms with Crippen molar-refractivity contribution in [3.8, 4) is 11.1 Å². The van der Waals surface area contributed by atoms with E-state index >= 15 is 0 Å². The molecule has 9 heteroatoms. The Bertz CT molecular complexity index is 1110. The molecule has 9 nitrogen and oxygen atoms in total. The highest BCUT2D eigenvalue weighted by atomic mass is 16.6. The fourth-order valence-corrected chi connectivity index (χ4v) is 4.72. The van der Waals surface area contributed by atoms with Crippen LogP contribution in [0.3, 0.4) is 0 Å². The number of rotatable bonds is 6. The SMILES string of the molecule is CC(C)(C)OC(=O)[C@@](N)(CN1CCN(C(=O)OCC2c3ccccc3-c3ccccc32)CC1)C(=O)O. The van der Waals surface area contributed by atoms with Gasteiger partial charge in [0.25, 0.3) is 0 Å². The number of esters is 1. The van der Waals surface area contributed by atoms with Crippen molar-refractivity contribution < 1.29 is 29.0 Å². The summed E-state index contributed by atoms with van der Waals surface area (Å²) in [5.74, 6) is -2.46. The van der Waals surface area contributed by atoms with Crippen LogP contribution in [0.2, 0.25) is 0 Å². The summed E-state index contributed by atoms with van der Waals surface area (Å²) in [4.78, 5) is 40.5. The zero-order valence-electron chi connectivity index (χ0n) is 20.9.